The lowest BCUT2D eigenvalue weighted by atomic mass is 9.75. The van der Waals surface area contributed by atoms with Gasteiger partial charge in [-0.3, -0.25) is 4.79 Å². The molecule has 0 aliphatic rings. The summed E-state index contributed by atoms with van der Waals surface area (Å²) in [6.45, 7) is 7.63. The van der Waals surface area contributed by atoms with Gasteiger partial charge in [-0.1, -0.05) is 38.7 Å². The van der Waals surface area contributed by atoms with Gasteiger partial charge in [-0.15, -0.1) is 0 Å². The van der Waals surface area contributed by atoms with E-state index in [1.807, 2.05) is 13.8 Å². The van der Waals surface area contributed by atoms with Gasteiger partial charge in [0.15, 0.2) is 0 Å². The Morgan fingerprint density at radius 1 is 1.20 bits per heavy atom. The van der Waals surface area contributed by atoms with Gasteiger partial charge in [0, 0.05) is 0 Å². The van der Waals surface area contributed by atoms with Crippen molar-refractivity contribution in [3.05, 3.63) is 11.1 Å². The highest BCUT2D eigenvalue weighted by molar-refractivity contribution is 6.08. The van der Waals surface area contributed by atoms with Crippen LogP contribution in [0.15, 0.2) is 11.1 Å². The van der Waals surface area contributed by atoms with Gasteiger partial charge in [-0.05, 0) is 33.1 Å². The molecule has 0 radical (unpaired) electrons. The Bertz CT molecular complexity index is 376. The summed E-state index contributed by atoms with van der Waals surface area (Å²) in [5.74, 6) is -1.39. The molecule has 0 rings (SSSR count). The topological polar surface area (TPSA) is 63.6 Å². The highest BCUT2D eigenvalue weighted by Gasteiger charge is 2.41. The van der Waals surface area contributed by atoms with E-state index in [9.17, 15) is 14.7 Å². The third-order valence-electron chi connectivity index (χ3n) is 3.76. The Balaban J connectivity index is 5.65. The van der Waals surface area contributed by atoms with Crippen LogP contribution in [0.2, 0.25) is 0 Å². The van der Waals surface area contributed by atoms with Crippen molar-refractivity contribution in [2.45, 2.75) is 66.2 Å². The molecule has 0 spiro atoms. The molecule has 0 aromatic carbocycles. The van der Waals surface area contributed by atoms with E-state index >= 15 is 0 Å². The number of carbonyl (C=O) groups is 2. The van der Waals surface area contributed by atoms with Crippen LogP contribution < -0.4 is 0 Å². The van der Waals surface area contributed by atoms with Gasteiger partial charge < -0.3 is 9.53 Å². The van der Waals surface area contributed by atoms with Crippen molar-refractivity contribution in [1.29, 1.82) is 0 Å². The number of aliphatic carboxylic acids is 1. The Labute approximate surface area is 125 Å². The number of carboxylic acid groups (broad SMARTS) is 1. The van der Waals surface area contributed by atoms with Crippen LogP contribution in [-0.4, -0.2) is 27.5 Å². The number of hydrogen-bond donors (Lipinski definition) is 1. The average Bonchev–Trinajstić information content (AvgIpc) is 2.41. The van der Waals surface area contributed by atoms with Crippen LogP contribution in [0.25, 0.3) is 0 Å². The largest absolute Gasteiger partial charge is 0.528 e. The first kappa shape index (κ1) is 18.9. The zero-order valence-electron chi connectivity index (χ0n) is 13.4. The lowest BCUT2D eigenvalue weighted by Crippen LogP contribution is -2.35. The maximum atomic E-state index is 12.2. The van der Waals surface area contributed by atoms with E-state index < -0.39 is 17.4 Å². The molecule has 5 heteroatoms. The quantitative estimate of drug-likeness (QED) is 0.525. The fourth-order valence-corrected chi connectivity index (χ4v) is 2.99. The van der Waals surface area contributed by atoms with Crippen molar-refractivity contribution in [2.75, 3.05) is 0 Å². The van der Waals surface area contributed by atoms with Crippen molar-refractivity contribution >= 4 is 22.4 Å². The van der Waals surface area contributed by atoms with Crippen LogP contribution in [0.1, 0.15) is 66.2 Å². The molecule has 116 valence electrons. The molecule has 0 aromatic rings. The van der Waals surface area contributed by atoms with E-state index in [-0.39, 0.29) is 16.1 Å². The first-order valence-corrected chi connectivity index (χ1v) is 8.18. The van der Waals surface area contributed by atoms with Gasteiger partial charge in [0.1, 0.15) is 0 Å². The van der Waals surface area contributed by atoms with Crippen LogP contribution >= 0.6 is 0 Å². The van der Waals surface area contributed by atoms with E-state index in [1.54, 1.807) is 6.92 Å². The molecule has 20 heavy (non-hydrogen) atoms. The third kappa shape index (κ3) is 4.78. The van der Waals surface area contributed by atoms with Crippen LogP contribution in [0.3, 0.4) is 0 Å². The van der Waals surface area contributed by atoms with E-state index in [0.29, 0.717) is 12.8 Å². The van der Waals surface area contributed by atoms with Crippen LogP contribution in [0.4, 0.5) is 0 Å². The summed E-state index contributed by atoms with van der Waals surface area (Å²) in [6.07, 6.45) is 4.91. The summed E-state index contributed by atoms with van der Waals surface area (Å²) in [5, 5.41) is 9.57. The minimum atomic E-state index is -1.03. The molecular formula is C15H28O4Si. The zero-order valence-corrected chi connectivity index (χ0v) is 15.4. The second-order valence-electron chi connectivity index (χ2n) is 5.49. The Hall–Kier alpha value is -1.10. The highest BCUT2D eigenvalue weighted by atomic mass is 28.2. The molecular weight excluding hydrogens is 272 g/mol. The minimum absolute atomic E-state index is 0.236. The number of rotatable bonds is 9. The summed E-state index contributed by atoms with van der Waals surface area (Å²) >= 11 is 0. The Morgan fingerprint density at radius 3 is 2.15 bits per heavy atom. The lowest BCUT2D eigenvalue weighted by Gasteiger charge is -2.29. The van der Waals surface area contributed by atoms with E-state index in [0.717, 1.165) is 31.3 Å². The maximum Gasteiger partial charge on any atom is 0.332 e. The molecule has 0 bridgehead atoms. The normalized spacial score (nSPS) is 15.4. The molecule has 1 atom stereocenters. The standard InChI is InChI=1S/C15H28O4Si/c1-5-7-9-11(3)12(13(16)17)15(4,10-8-6-2)14(18)19-20/h5-10H2,1-4,20H3,(H,16,17). The van der Waals surface area contributed by atoms with Crippen LogP contribution in [0.5, 0.6) is 0 Å². The maximum absolute atomic E-state index is 12.2. The molecule has 4 nitrogen and oxygen atoms in total. The molecule has 1 N–H and O–H groups in total. The molecule has 0 heterocycles. The van der Waals surface area contributed by atoms with E-state index in [1.165, 1.54) is 0 Å². The number of allylic oxidation sites excluding steroid dienone is 1. The van der Waals surface area contributed by atoms with Crippen LogP contribution in [0, 0.1) is 5.41 Å². The predicted octanol–water partition coefficient (Wildman–Crippen LogP) is 2.60. The fraction of sp³-hybridized carbons (Fsp3) is 0.733. The first-order valence-electron chi connectivity index (χ1n) is 7.37. The van der Waals surface area contributed by atoms with Crippen LogP contribution in [-0.2, 0) is 14.0 Å². The van der Waals surface area contributed by atoms with E-state index in [4.69, 9.17) is 4.43 Å². The number of hydrogen-bond acceptors (Lipinski definition) is 3. The van der Waals surface area contributed by atoms with Gasteiger partial charge in [-0.25, -0.2) is 4.79 Å². The van der Waals surface area contributed by atoms with Gasteiger partial charge in [-0.2, -0.15) is 0 Å². The van der Waals surface area contributed by atoms with Gasteiger partial charge in [0.2, 0.25) is 10.5 Å². The third-order valence-corrected chi connectivity index (χ3v) is 4.13. The lowest BCUT2D eigenvalue weighted by molar-refractivity contribution is -0.147. The Kier molecular flexibility index (Phi) is 8.45. The molecule has 0 saturated carbocycles. The summed E-state index contributed by atoms with van der Waals surface area (Å²) in [5.41, 5.74) is 0.00629. The molecule has 0 amide bonds. The monoisotopic (exact) mass is 300 g/mol. The van der Waals surface area contributed by atoms with Crippen molar-refractivity contribution in [3.63, 3.8) is 0 Å². The average molecular weight is 300 g/mol. The summed E-state index contributed by atoms with van der Waals surface area (Å²) in [6, 6.07) is 0. The zero-order chi connectivity index (χ0) is 15.8. The molecule has 0 aromatic heterocycles. The van der Waals surface area contributed by atoms with Crippen molar-refractivity contribution in [3.8, 4) is 0 Å². The number of unbranched alkanes of at least 4 members (excludes halogenated alkanes) is 2. The van der Waals surface area contributed by atoms with Crippen molar-refractivity contribution in [1.82, 2.24) is 0 Å². The predicted molar refractivity (Wildman–Crippen MR) is 83.5 cm³/mol. The number of carboxylic acids is 1. The second-order valence-corrected chi connectivity index (χ2v) is 5.90. The smallest absolute Gasteiger partial charge is 0.332 e. The molecule has 0 saturated heterocycles. The van der Waals surface area contributed by atoms with Crippen molar-refractivity contribution in [2.24, 2.45) is 5.41 Å². The molecule has 0 aliphatic carbocycles. The minimum Gasteiger partial charge on any atom is -0.528 e. The van der Waals surface area contributed by atoms with Gasteiger partial charge in [0.05, 0.1) is 11.0 Å². The van der Waals surface area contributed by atoms with Crippen molar-refractivity contribution < 1.29 is 19.1 Å². The van der Waals surface area contributed by atoms with Gasteiger partial charge >= 0.3 is 11.9 Å². The van der Waals surface area contributed by atoms with Gasteiger partial charge in [0.25, 0.3) is 0 Å². The SMILES string of the molecule is CCCCC(C)=C(C(=O)O)C(C)(CCCC)C(=O)O[SiH3]. The molecule has 0 aliphatic heterocycles. The van der Waals surface area contributed by atoms with E-state index in [2.05, 4.69) is 6.92 Å². The number of carbonyl (C=O) groups excluding carboxylic acids is 1. The molecule has 0 fully saturated rings. The highest BCUT2D eigenvalue weighted by Crippen LogP contribution is 2.37. The summed E-state index contributed by atoms with van der Waals surface area (Å²) < 4.78 is 5.00. The Morgan fingerprint density at radius 2 is 1.75 bits per heavy atom. The first-order chi connectivity index (χ1) is 9.34. The molecule has 1 unspecified atom stereocenters. The summed E-state index contributed by atoms with van der Waals surface area (Å²) in [4.78, 5) is 23.9. The summed E-state index contributed by atoms with van der Waals surface area (Å²) in [7, 11) is 0.288. The fourth-order valence-electron chi connectivity index (χ4n) is 2.54. The second kappa shape index (κ2) is 8.95.